The lowest BCUT2D eigenvalue weighted by Gasteiger charge is -2.33. The van der Waals surface area contributed by atoms with E-state index in [4.69, 9.17) is 16.3 Å². The van der Waals surface area contributed by atoms with Crippen molar-refractivity contribution >= 4 is 29.3 Å². The smallest absolute Gasteiger partial charge is 0.233 e. The maximum absolute atomic E-state index is 12.6. The van der Waals surface area contributed by atoms with E-state index in [1.54, 1.807) is 7.11 Å². The van der Waals surface area contributed by atoms with Gasteiger partial charge in [0.05, 0.1) is 18.9 Å². The van der Waals surface area contributed by atoms with Crippen LogP contribution < -0.4 is 0 Å². The molecule has 0 radical (unpaired) electrons. The van der Waals surface area contributed by atoms with Crippen LogP contribution in [-0.2, 0) is 16.1 Å². The molecule has 0 saturated carbocycles. The SMILES string of the molecule is COCCn1c(SCC(=O)N2CCCC[C@@H]2C)nnc1-c1ccc(Cl)cc1. The van der Waals surface area contributed by atoms with E-state index >= 15 is 0 Å². The number of hydrogen-bond acceptors (Lipinski definition) is 5. The predicted octanol–water partition coefficient (Wildman–Crippen LogP) is 3.74. The summed E-state index contributed by atoms with van der Waals surface area (Å²) in [5.74, 6) is 1.29. The number of aromatic nitrogens is 3. The van der Waals surface area contributed by atoms with Gasteiger partial charge in [-0.05, 0) is 50.5 Å². The summed E-state index contributed by atoms with van der Waals surface area (Å²) in [6.07, 6.45) is 3.38. The summed E-state index contributed by atoms with van der Waals surface area (Å²) in [6, 6.07) is 7.83. The van der Waals surface area contributed by atoms with Gasteiger partial charge in [0.2, 0.25) is 5.91 Å². The van der Waals surface area contributed by atoms with Crippen LogP contribution >= 0.6 is 23.4 Å². The molecule has 3 rings (SSSR count). The molecule has 1 aliphatic rings. The topological polar surface area (TPSA) is 60.2 Å². The van der Waals surface area contributed by atoms with Crippen molar-refractivity contribution in [3.8, 4) is 11.4 Å². The highest BCUT2D eigenvalue weighted by Gasteiger charge is 2.24. The number of carbonyl (C=O) groups excluding carboxylic acids is 1. The minimum Gasteiger partial charge on any atom is -0.383 e. The minimum absolute atomic E-state index is 0.168. The van der Waals surface area contributed by atoms with E-state index < -0.39 is 0 Å². The third-order valence-electron chi connectivity index (χ3n) is 4.79. The molecule has 1 fully saturated rings. The number of benzene rings is 1. The number of thioether (sulfide) groups is 1. The summed E-state index contributed by atoms with van der Waals surface area (Å²) in [5.41, 5.74) is 0.936. The van der Waals surface area contributed by atoms with Crippen LogP contribution in [0.5, 0.6) is 0 Å². The molecule has 1 aromatic carbocycles. The Kier molecular flexibility index (Phi) is 7.15. The zero-order valence-electron chi connectivity index (χ0n) is 15.7. The second kappa shape index (κ2) is 9.57. The number of likely N-dealkylation sites (tertiary alicyclic amines) is 1. The number of ether oxygens (including phenoxy) is 1. The zero-order chi connectivity index (χ0) is 19.2. The van der Waals surface area contributed by atoms with Crippen molar-refractivity contribution in [2.24, 2.45) is 0 Å². The monoisotopic (exact) mass is 408 g/mol. The van der Waals surface area contributed by atoms with Crippen molar-refractivity contribution in [1.29, 1.82) is 0 Å². The maximum Gasteiger partial charge on any atom is 0.233 e. The number of methoxy groups -OCH3 is 1. The number of halogens is 1. The highest BCUT2D eigenvalue weighted by molar-refractivity contribution is 7.99. The Morgan fingerprint density at radius 1 is 1.30 bits per heavy atom. The predicted molar refractivity (Wildman–Crippen MR) is 108 cm³/mol. The molecular formula is C19H25ClN4O2S. The van der Waals surface area contributed by atoms with Crippen LogP contribution in [0.3, 0.4) is 0 Å². The molecule has 2 aromatic rings. The van der Waals surface area contributed by atoms with E-state index in [-0.39, 0.29) is 5.91 Å². The van der Waals surface area contributed by atoms with Crippen LogP contribution in [0, 0.1) is 0 Å². The fraction of sp³-hybridized carbons (Fsp3) is 0.526. The van der Waals surface area contributed by atoms with E-state index in [2.05, 4.69) is 17.1 Å². The molecule has 6 nitrogen and oxygen atoms in total. The van der Waals surface area contributed by atoms with Gasteiger partial charge in [0, 0.05) is 30.3 Å². The average molecular weight is 409 g/mol. The first-order valence-electron chi connectivity index (χ1n) is 9.20. The van der Waals surface area contributed by atoms with E-state index in [9.17, 15) is 4.79 Å². The first-order chi connectivity index (χ1) is 13.1. The molecule has 1 atom stereocenters. The first kappa shape index (κ1) is 20.2. The normalized spacial score (nSPS) is 17.3. The van der Waals surface area contributed by atoms with Gasteiger partial charge in [-0.3, -0.25) is 9.36 Å². The van der Waals surface area contributed by atoms with E-state index in [1.807, 2.05) is 33.7 Å². The van der Waals surface area contributed by atoms with Crippen LogP contribution in [-0.4, -0.2) is 57.6 Å². The summed E-state index contributed by atoms with van der Waals surface area (Å²) < 4.78 is 7.24. The molecule has 27 heavy (non-hydrogen) atoms. The molecule has 1 amide bonds. The number of rotatable bonds is 7. The van der Waals surface area contributed by atoms with E-state index in [0.717, 1.165) is 35.9 Å². The van der Waals surface area contributed by atoms with Gasteiger partial charge in [0.1, 0.15) is 0 Å². The van der Waals surface area contributed by atoms with E-state index in [1.165, 1.54) is 18.2 Å². The molecule has 146 valence electrons. The van der Waals surface area contributed by atoms with Crippen molar-refractivity contribution in [3.63, 3.8) is 0 Å². The molecule has 0 unspecified atom stereocenters. The Balaban J connectivity index is 1.74. The van der Waals surface area contributed by atoms with Gasteiger partial charge >= 0.3 is 0 Å². The fourth-order valence-corrected chi connectivity index (χ4v) is 4.25. The van der Waals surface area contributed by atoms with Crippen molar-refractivity contribution in [2.75, 3.05) is 26.0 Å². The standard InChI is InChI=1S/C19H25ClN4O2S/c1-14-5-3-4-10-23(14)17(25)13-27-19-22-21-18(24(19)11-12-26-2)15-6-8-16(20)9-7-15/h6-9,14H,3-5,10-13H2,1-2H3/t14-/m0/s1. The lowest BCUT2D eigenvalue weighted by Crippen LogP contribution is -2.43. The van der Waals surface area contributed by atoms with Crippen LogP contribution in [0.15, 0.2) is 29.4 Å². The molecule has 0 bridgehead atoms. The van der Waals surface area contributed by atoms with Crippen LogP contribution in [0.2, 0.25) is 5.02 Å². The van der Waals surface area contributed by atoms with Gasteiger partial charge in [-0.1, -0.05) is 23.4 Å². The Morgan fingerprint density at radius 3 is 2.78 bits per heavy atom. The summed E-state index contributed by atoms with van der Waals surface area (Å²) in [5, 5.41) is 10.1. The van der Waals surface area contributed by atoms with E-state index in [0.29, 0.717) is 30.0 Å². The fourth-order valence-electron chi connectivity index (χ4n) is 3.27. The summed E-state index contributed by atoms with van der Waals surface area (Å²) >= 11 is 7.43. The van der Waals surface area contributed by atoms with Gasteiger partial charge in [0.15, 0.2) is 11.0 Å². The summed E-state index contributed by atoms with van der Waals surface area (Å²) in [6.45, 7) is 4.15. The van der Waals surface area contributed by atoms with Gasteiger partial charge in [-0.2, -0.15) is 0 Å². The zero-order valence-corrected chi connectivity index (χ0v) is 17.3. The molecule has 0 N–H and O–H groups in total. The Hall–Kier alpha value is -1.57. The molecule has 2 heterocycles. The summed E-state index contributed by atoms with van der Waals surface area (Å²) in [7, 11) is 1.67. The van der Waals surface area contributed by atoms with Gasteiger partial charge in [-0.25, -0.2) is 0 Å². The average Bonchev–Trinajstić information content (AvgIpc) is 3.08. The molecule has 1 saturated heterocycles. The van der Waals surface area contributed by atoms with Gasteiger partial charge in [-0.15, -0.1) is 10.2 Å². The molecule has 8 heteroatoms. The minimum atomic E-state index is 0.168. The number of carbonyl (C=O) groups is 1. The Labute approximate surface area is 169 Å². The summed E-state index contributed by atoms with van der Waals surface area (Å²) in [4.78, 5) is 14.6. The van der Waals surface area contributed by atoms with Gasteiger partial charge in [0.25, 0.3) is 0 Å². The number of amides is 1. The number of piperidine rings is 1. The molecule has 0 aliphatic carbocycles. The second-order valence-electron chi connectivity index (χ2n) is 6.68. The molecular weight excluding hydrogens is 384 g/mol. The first-order valence-corrected chi connectivity index (χ1v) is 10.6. The Bertz CT molecular complexity index is 766. The number of nitrogens with zero attached hydrogens (tertiary/aromatic N) is 4. The van der Waals surface area contributed by atoms with Crippen LogP contribution in [0.4, 0.5) is 0 Å². The largest absolute Gasteiger partial charge is 0.383 e. The molecule has 1 aromatic heterocycles. The van der Waals surface area contributed by atoms with Crippen LogP contribution in [0.1, 0.15) is 26.2 Å². The molecule has 1 aliphatic heterocycles. The third kappa shape index (κ3) is 5.03. The highest BCUT2D eigenvalue weighted by Crippen LogP contribution is 2.26. The van der Waals surface area contributed by atoms with Crippen molar-refractivity contribution in [3.05, 3.63) is 29.3 Å². The van der Waals surface area contributed by atoms with Crippen molar-refractivity contribution in [2.45, 2.75) is 43.9 Å². The molecule has 0 spiro atoms. The third-order valence-corrected chi connectivity index (χ3v) is 5.99. The second-order valence-corrected chi connectivity index (χ2v) is 8.06. The maximum atomic E-state index is 12.6. The van der Waals surface area contributed by atoms with Crippen molar-refractivity contribution in [1.82, 2.24) is 19.7 Å². The lowest BCUT2D eigenvalue weighted by atomic mass is 10.0. The quantitative estimate of drug-likeness (QED) is 0.653. The highest BCUT2D eigenvalue weighted by atomic mass is 35.5. The van der Waals surface area contributed by atoms with Crippen molar-refractivity contribution < 1.29 is 9.53 Å². The van der Waals surface area contributed by atoms with Gasteiger partial charge < -0.3 is 9.64 Å². The lowest BCUT2D eigenvalue weighted by molar-refractivity contribution is -0.131. The van der Waals surface area contributed by atoms with Crippen LogP contribution in [0.25, 0.3) is 11.4 Å². The Morgan fingerprint density at radius 2 is 2.07 bits per heavy atom. The number of hydrogen-bond donors (Lipinski definition) is 0.